The molecule has 2 aromatic carbocycles. The number of hydrogen-bond acceptors (Lipinski definition) is 6. The van der Waals surface area contributed by atoms with Crippen molar-refractivity contribution in [2.75, 3.05) is 5.32 Å². The Morgan fingerprint density at radius 1 is 1.14 bits per heavy atom. The minimum absolute atomic E-state index is 0.0221. The van der Waals surface area contributed by atoms with Crippen LogP contribution in [0, 0.1) is 17.0 Å². The van der Waals surface area contributed by atoms with Gasteiger partial charge in [0.25, 0.3) is 5.69 Å². The van der Waals surface area contributed by atoms with Crippen LogP contribution < -0.4 is 5.32 Å². The van der Waals surface area contributed by atoms with Crippen molar-refractivity contribution in [2.45, 2.75) is 13.5 Å². The maximum atomic E-state index is 12.6. The van der Waals surface area contributed by atoms with Crippen molar-refractivity contribution in [1.29, 1.82) is 0 Å². The summed E-state index contributed by atoms with van der Waals surface area (Å²) in [5.74, 6) is 0.670. The predicted octanol–water partition coefficient (Wildman–Crippen LogP) is 5.20. The van der Waals surface area contributed by atoms with Gasteiger partial charge in [0.15, 0.2) is 0 Å². The number of benzene rings is 2. The number of aromatic nitrogens is 4. The molecule has 0 aliphatic heterocycles. The fraction of sp³-hybridized carbons (Fsp3) is 0.0800. The summed E-state index contributed by atoms with van der Waals surface area (Å²) >= 11 is 1.54. The van der Waals surface area contributed by atoms with E-state index < -0.39 is 4.92 Å². The Kier molecular flexibility index (Phi) is 5.94. The van der Waals surface area contributed by atoms with Gasteiger partial charge < -0.3 is 9.88 Å². The zero-order chi connectivity index (χ0) is 24.4. The summed E-state index contributed by atoms with van der Waals surface area (Å²) in [6.07, 6.45) is 3.23. The van der Waals surface area contributed by atoms with Gasteiger partial charge in [0.05, 0.1) is 28.2 Å². The molecule has 0 bridgehead atoms. The number of hydrogen-bond donors (Lipinski definition) is 1. The summed E-state index contributed by atoms with van der Waals surface area (Å²) in [5, 5.41) is 20.7. The highest BCUT2D eigenvalue weighted by molar-refractivity contribution is 7.10. The number of nitro benzene ring substituents is 1. The first-order valence-electron chi connectivity index (χ1n) is 10.8. The third-order valence-electron chi connectivity index (χ3n) is 5.31. The molecular formula is C25H20N6O3S. The number of non-ortho nitro benzene ring substituents is 1. The number of imidazole rings is 1. The molecule has 5 rings (SSSR count). The first kappa shape index (κ1) is 22.2. The molecule has 3 heterocycles. The van der Waals surface area contributed by atoms with Gasteiger partial charge in [-0.1, -0.05) is 30.3 Å². The number of anilines is 1. The number of carbonyl (C=O) groups excluding carboxylic acids is 1. The summed E-state index contributed by atoms with van der Waals surface area (Å²) in [6, 6.07) is 19.7. The van der Waals surface area contributed by atoms with Crippen molar-refractivity contribution in [3.63, 3.8) is 0 Å². The Labute approximate surface area is 204 Å². The van der Waals surface area contributed by atoms with Crippen molar-refractivity contribution in [3.8, 4) is 5.95 Å². The maximum absolute atomic E-state index is 12.6. The molecule has 5 aromatic rings. The van der Waals surface area contributed by atoms with E-state index in [1.54, 1.807) is 40.3 Å². The fourth-order valence-corrected chi connectivity index (χ4v) is 4.40. The molecule has 9 nitrogen and oxygen atoms in total. The number of fused-ring (bicyclic) bond motifs is 1. The van der Waals surface area contributed by atoms with Crippen LogP contribution in [0.1, 0.15) is 16.1 Å². The molecule has 0 atom stereocenters. The molecule has 1 N–H and O–H groups in total. The molecule has 0 unspecified atom stereocenters. The van der Waals surface area contributed by atoms with E-state index in [1.807, 2.05) is 59.3 Å². The smallest absolute Gasteiger partial charge is 0.269 e. The van der Waals surface area contributed by atoms with Gasteiger partial charge in [0.2, 0.25) is 11.9 Å². The molecule has 174 valence electrons. The van der Waals surface area contributed by atoms with Crippen LogP contribution in [-0.4, -0.2) is 30.2 Å². The van der Waals surface area contributed by atoms with Crippen LogP contribution in [0.5, 0.6) is 0 Å². The number of para-hydroxylation sites is 2. The van der Waals surface area contributed by atoms with Crippen molar-refractivity contribution in [2.24, 2.45) is 0 Å². The van der Waals surface area contributed by atoms with Crippen LogP contribution in [0.4, 0.5) is 11.5 Å². The van der Waals surface area contributed by atoms with E-state index in [0.29, 0.717) is 24.0 Å². The lowest BCUT2D eigenvalue weighted by Gasteiger charge is -2.12. The fourth-order valence-electron chi connectivity index (χ4n) is 3.78. The van der Waals surface area contributed by atoms with Crippen LogP contribution >= 0.6 is 11.3 Å². The summed E-state index contributed by atoms with van der Waals surface area (Å²) in [5.41, 5.74) is 3.07. The van der Waals surface area contributed by atoms with Crippen LogP contribution in [-0.2, 0) is 11.3 Å². The first-order chi connectivity index (χ1) is 17.0. The molecule has 3 aromatic heterocycles. The van der Waals surface area contributed by atoms with Gasteiger partial charge in [-0.2, -0.15) is 9.78 Å². The topological polar surface area (TPSA) is 108 Å². The molecule has 0 spiro atoms. The van der Waals surface area contributed by atoms with Gasteiger partial charge in [-0.05, 0) is 42.1 Å². The number of rotatable bonds is 7. The maximum Gasteiger partial charge on any atom is 0.269 e. The van der Waals surface area contributed by atoms with Crippen LogP contribution in [0.25, 0.3) is 23.1 Å². The van der Waals surface area contributed by atoms with Crippen molar-refractivity contribution >= 4 is 45.9 Å². The third kappa shape index (κ3) is 4.73. The van der Waals surface area contributed by atoms with E-state index in [4.69, 9.17) is 4.98 Å². The highest BCUT2D eigenvalue weighted by Gasteiger charge is 2.18. The molecule has 1 amide bonds. The highest BCUT2D eigenvalue weighted by atomic mass is 32.1. The first-order valence-corrected chi connectivity index (χ1v) is 11.6. The van der Waals surface area contributed by atoms with Gasteiger partial charge in [-0.3, -0.25) is 14.9 Å². The molecular weight excluding hydrogens is 464 g/mol. The number of nitro groups is 1. The summed E-state index contributed by atoms with van der Waals surface area (Å²) < 4.78 is 3.52. The Morgan fingerprint density at radius 3 is 2.80 bits per heavy atom. The molecule has 0 saturated carbocycles. The minimum atomic E-state index is -0.412. The average Bonchev–Trinajstić information content (AvgIpc) is 3.57. The predicted molar refractivity (Wildman–Crippen MR) is 136 cm³/mol. The standard InChI is InChI=1S/C25H20N6O3S/c1-17-14-23(27-24(32)12-11-20-8-5-13-35-20)30(28-17)25-26-21-9-2-3-10-22(21)29(25)16-18-6-4-7-19(15-18)31(33)34/h2-15H,16H2,1H3,(H,27,32)/b12-11+. The zero-order valence-corrected chi connectivity index (χ0v) is 19.5. The van der Waals surface area contributed by atoms with Gasteiger partial charge in [-0.15, -0.1) is 11.3 Å². The molecule has 0 aliphatic carbocycles. The van der Waals surface area contributed by atoms with E-state index in [0.717, 1.165) is 21.5 Å². The van der Waals surface area contributed by atoms with E-state index in [-0.39, 0.29) is 11.6 Å². The summed E-state index contributed by atoms with van der Waals surface area (Å²) in [7, 11) is 0. The quantitative estimate of drug-likeness (QED) is 0.194. The summed E-state index contributed by atoms with van der Waals surface area (Å²) in [4.78, 5) is 29.2. The lowest BCUT2D eigenvalue weighted by molar-refractivity contribution is -0.384. The number of carbonyl (C=O) groups is 1. The SMILES string of the molecule is Cc1cc(NC(=O)/C=C/c2cccs2)n(-c2nc3ccccc3n2Cc2cccc([N+](=O)[O-])c2)n1. The number of amides is 1. The number of nitrogens with zero attached hydrogens (tertiary/aromatic N) is 5. The second kappa shape index (κ2) is 9.35. The van der Waals surface area contributed by atoms with Gasteiger partial charge in [0, 0.05) is 29.2 Å². The van der Waals surface area contributed by atoms with E-state index in [2.05, 4.69) is 10.4 Å². The van der Waals surface area contributed by atoms with Crippen LogP contribution in [0.15, 0.2) is 78.2 Å². The monoisotopic (exact) mass is 484 g/mol. The molecule has 0 fully saturated rings. The summed E-state index contributed by atoms with van der Waals surface area (Å²) in [6.45, 7) is 2.17. The van der Waals surface area contributed by atoms with Crippen molar-refractivity contribution in [1.82, 2.24) is 19.3 Å². The normalized spacial score (nSPS) is 11.3. The van der Waals surface area contributed by atoms with Crippen LogP contribution in [0.2, 0.25) is 0 Å². The van der Waals surface area contributed by atoms with Gasteiger partial charge in [0.1, 0.15) is 5.82 Å². The molecule has 10 heteroatoms. The second-order valence-electron chi connectivity index (χ2n) is 7.83. The van der Waals surface area contributed by atoms with Crippen LogP contribution in [0.3, 0.4) is 0 Å². The van der Waals surface area contributed by atoms with Gasteiger partial charge in [-0.25, -0.2) is 4.98 Å². The minimum Gasteiger partial charge on any atom is -0.307 e. The van der Waals surface area contributed by atoms with E-state index >= 15 is 0 Å². The molecule has 0 aliphatic rings. The Balaban J connectivity index is 1.53. The molecule has 35 heavy (non-hydrogen) atoms. The average molecular weight is 485 g/mol. The molecule has 0 radical (unpaired) electrons. The largest absolute Gasteiger partial charge is 0.307 e. The third-order valence-corrected chi connectivity index (χ3v) is 6.15. The second-order valence-corrected chi connectivity index (χ2v) is 8.81. The number of aryl methyl sites for hydroxylation is 1. The lowest BCUT2D eigenvalue weighted by atomic mass is 10.2. The number of thiophene rings is 1. The van der Waals surface area contributed by atoms with E-state index in [9.17, 15) is 14.9 Å². The Morgan fingerprint density at radius 2 is 2.00 bits per heavy atom. The van der Waals surface area contributed by atoms with E-state index in [1.165, 1.54) is 12.1 Å². The van der Waals surface area contributed by atoms with Gasteiger partial charge >= 0.3 is 0 Å². The molecule has 0 saturated heterocycles. The zero-order valence-electron chi connectivity index (χ0n) is 18.7. The lowest BCUT2D eigenvalue weighted by Crippen LogP contribution is -2.15. The highest BCUT2D eigenvalue weighted by Crippen LogP contribution is 2.25. The number of nitrogens with one attached hydrogen (secondary N) is 1. The Bertz CT molecular complexity index is 1570. The Hall–Kier alpha value is -4.57. The van der Waals surface area contributed by atoms with Crippen molar-refractivity contribution < 1.29 is 9.72 Å². The van der Waals surface area contributed by atoms with Crippen molar-refractivity contribution in [3.05, 3.63) is 104 Å².